The maximum atomic E-state index is 11.5. The third kappa shape index (κ3) is 4.34. The first-order valence-corrected chi connectivity index (χ1v) is 7.95. The van der Waals surface area contributed by atoms with Gasteiger partial charge in [0.1, 0.15) is 18.5 Å². The molecule has 1 fully saturated rings. The molecular formula is C19H21NO4. The van der Waals surface area contributed by atoms with Crippen molar-refractivity contribution < 1.29 is 19.1 Å². The minimum atomic E-state index is -0.139. The summed E-state index contributed by atoms with van der Waals surface area (Å²) in [5, 5.41) is 1.38. The standard InChI is InChI=1S/C19H21NO4/c1-22-17-9-7-15(8-10-17)11-18(19-13-23-19)20(14-21)24-12-16-5-3-2-4-6-16/h2-10,14,18-19H,11-13H2,1H3. The van der Waals surface area contributed by atoms with E-state index in [1.165, 1.54) is 5.06 Å². The van der Waals surface area contributed by atoms with E-state index >= 15 is 0 Å². The Morgan fingerprint density at radius 1 is 1.17 bits per heavy atom. The number of amides is 1. The van der Waals surface area contributed by atoms with Crippen molar-refractivity contribution in [2.75, 3.05) is 13.7 Å². The van der Waals surface area contributed by atoms with Gasteiger partial charge in [0.15, 0.2) is 0 Å². The molecule has 3 rings (SSSR count). The first-order chi connectivity index (χ1) is 11.8. The number of nitrogens with zero attached hydrogens (tertiary/aromatic N) is 1. The Hall–Kier alpha value is -2.37. The Bertz CT molecular complexity index is 640. The van der Waals surface area contributed by atoms with E-state index in [0.29, 0.717) is 19.6 Å². The predicted octanol–water partition coefficient (Wildman–Crippen LogP) is 2.60. The van der Waals surface area contributed by atoms with Crippen LogP contribution in [0.15, 0.2) is 54.6 Å². The molecular weight excluding hydrogens is 306 g/mol. The molecule has 2 aromatic carbocycles. The van der Waals surface area contributed by atoms with Crippen molar-refractivity contribution in [2.45, 2.75) is 25.2 Å². The number of ether oxygens (including phenoxy) is 2. The van der Waals surface area contributed by atoms with E-state index in [0.717, 1.165) is 23.3 Å². The summed E-state index contributed by atoms with van der Waals surface area (Å²) in [5.41, 5.74) is 2.12. The van der Waals surface area contributed by atoms with E-state index in [9.17, 15) is 4.79 Å². The summed E-state index contributed by atoms with van der Waals surface area (Å²) in [5.74, 6) is 0.811. The van der Waals surface area contributed by atoms with Gasteiger partial charge < -0.3 is 9.47 Å². The largest absolute Gasteiger partial charge is 0.497 e. The van der Waals surface area contributed by atoms with Crippen molar-refractivity contribution in [3.05, 3.63) is 65.7 Å². The maximum absolute atomic E-state index is 11.5. The number of benzene rings is 2. The van der Waals surface area contributed by atoms with E-state index in [1.54, 1.807) is 7.11 Å². The van der Waals surface area contributed by atoms with E-state index in [-0.39, 0.29) is 12.1 Å². The molecule has 0 radical (unpaired) electrons. The zero-order valence-electron chi connectivity index (χ0n) is 13.6. The van der Waals surface area contributed by atoms with Gasteiger partial charge in [-0.15, -0.1) is 0 Å². The molecule has 0 aliphatic carbocycles. The molecule has 2 unspecified atom stereocenters. The minimum absolute atomic E-state index is 0.0214. The highest BCUT2D eigenvalue weighted by Crippen LogP contribution is 2.24. The molecule has 1 aliphatic heterocycles. The number of hydroxylamine groups is 2. The van der Waals surface area contributed by atoms with E-state index in [4.69, 9.17) is 14.3 Å². The van der Waals surface area contributed by atoms with Crippen LogP contribution >= 0.6 is 0 Å². The van der Waals surface area contributed by atoms with Crippen molar-refractivity contribution in [3.8, 4) is 5.75 Å². The van der Waals surface area contributed by atoms with Crippen LogP contribution in [-0.2, 0) is 27.4 Å². The Kier molecular flexibility index (Phi) is 5.46. The second kappa shape index (κ2) is 7.95. The number of carbonyl (C=O) groups excluding carboxylic acids is 1. The average molecular weight is 327 g/mol. The first-order valence-electron chi connectivity index (χ1n) is 7.95. The molecule has 1 aliphatic rings. The van der Waals surface area contributed by atoms with E-state index in [1.807, 2.05) is 54.6 Å². The monoisotopic (exact) mass is 327 g/mol. The predicted molar refractivity (Wildman–Crippen MR) is 89.4 cm³/mol. The van der Waals surface area contributed by atoms with Crippen LogP contribution < -0.4 is 4.74 Å². The number of hydrogen-bond donors (Lipinski definition) is 0. The van der Waals surface area contributed by atoms with Gasteiger partial charge in [-0.1, -0.05) is 42.5 Å². The van der Waals surface area contributed by atoms with Gasteiger partial charge >= 0.3 is 0 Å². The normalized spacial score (nSPS) is 17.1. The van der Waals surface area contributed by atoms with Gasteiger partial charge in [0.2, 0.25) is 6.41 Å². The zero-order chi connectivity index (χ0) is 16.8. The Labute approximate surface area is 141 Å². The minimum Gasteiger partial charge on any atom is -0.497 e. The van der Waals surface area contributed by atoms with Gasteiger partial charge in [0.25, 0.3) is 0 Å². The van der Waals surface area contributed by atoms with Crippen LogP contribution in [0.5, 0.6) is 5.75 Å². The molecule has 0 bridgehead atoms. The molecule has 2 atom stereocenters. The molecule has 0 saturated carbocycles. The number of rotatable bonds is 9. The van der Waals surface area contributed by atoms with Crippen molar-refractivity contribution in [2.24, 2.45) is 0 Å². The summed E-state index contributed by atoms with van der Waals surface area (Å²) >= 11 is 0. The average Bonchev–Trinajstić information content (AvgIpc) is 3.47. The van der Waals surface area contributed by atoms with Crippen LogP contribution in [0.25, 0.3) is 0 Å². The van der Waals surface area contributed by atoms with Gasteiger partial charge in [0.05, 0.1) is 19.8 Å². The molecule has 5 nitrogen and oxygen atoms in total. The summed E-state index contributed by atoms with van der Waals surface area (Å²) in [6, 6.07) is 17.5. The molecule has 0 N–H and O–H groups in total. The highest BCUT2D eigenvalue weighted by molar-refractivity contribution is 5.46. The number of methoxy groups -OCH3 is 1. The number of epoxide rings is 1. The lowest BCUT2D eigenvalue weighted by Gasteiger charge is -2.26. The maximum Gasteiger partial charge on any atom is 0.233 e. The zero-order valence-corrected chi connectivity index (χ0v) is 13.6. The SMILES string of the molecule is COc1ccc(CC(C2CO2)N(C=O)OCc2ccccc2)cc1. The fraction of sp³-hybridized carbons (Fsp3) is 0.316. The van der Waals surface area contributed by atoms with Gasteiger partial charge in [-0.25, -0.2) is 5.06 Å². The van der Waals surface area contributed by atoms with Crippen LogP contribution in [0, 0.1) is 0 Å². The molecule has 5 heteroatoms. The lowest BCUT2D eigenvalue weighted by Crippen LogP contribution is -2.40. The van der Waals surface area contributed by atoms with Crippen LogP contribution in [0.1, 0.15) is 11.1 Å². The lowest BCUT2D eigenvalue weighted by atomic mass is 10.0. The van der Waals surface area contributed by atoms with Crippen molar-refractivity contribution in [3.63, 3.8) is 0 Å². The second-order valence-electron chi connectivity index (χ2n) is 5.72. The molecule has 2 aromatic rings. The van der Waals surface area contributed by atoms with Crippen LogP contribution in [0.3, 0.4) is 0 Å². The molecule has 1 amide bonds. The molecule has 126 valence electrons. The number of hydrogen-bond acceptors (Lipinski definition) is 4. The summed E-state index contributed by atoms with van der Waals surface area (Å²) in [6.07, 6.45) is 1.43. The van der Waals surface area contributed by atoms with Crippen LogP contribution in [-0.4, -0.2) is 37.3 Å². The summed E-state index contributed by atoms with van der Waals surface area (Å²) in [4.78, 5) is 17.2. The fourth-order valence-electron chi connectivity index (χ4n) is 2.59. The summed E-state index contributed by atoms with van der Waals surface area (Å²) < 4.78 is 10.6. The van der Waals surface area contributed by atoms with Gasteiger partial charge in [-0.05, 0) is 29.7 Å². The highest BCUT2D eigenvalue weighted by atomic mass is 16.7. The molecule has 0 spiro atoms. The Morgan fingerprint density at radius 2 is 1.88 bits per heavy atom. The molecule has 1 saturated heterocycles. The fourth-order valence-corrected chi connectivity index (χ4v) is 2.59. The Balaban J connectivity index is 1.64. The number of carbonyl (C=O) groups is 1. The van der Waals surface area contributed by atoms with Gasteiger partial charge in [0, 0.05) is 0 Å². The highest BCUT2D eigenvalue weighted by Gasteiger charge is 2.37. The topological polar surface area (TPSA) is 51.3 Å². The van der Waals surface area contributed by atoms with Crippen molar-refractivity contribution in [1.29, 1.82) is 0 Å². The molecule has 1 heterocycles. The summed E-state index contributed by atoms with van der Waals surface area (Å²) in [7, 11) is 1.64. The van der Waals surface area contributed by atoms with Crippen LogP contribution in [0.4, 0.5) is 0 Å². The van der Waals surface area contributed by atoms with Gasteiger partial charge in [-0.3, -0.25) is 9.63 Å². The van der Waals surface area contributed by atoms with Crippen molar-refractivity contribution in [1.82, 2.24) is 5.06 Å². The van der Waals surface area contributed by atoms with Crippen LogP contribution in [0.2, 0.25) is 0 Å². The van der Waals surface area contributed by atoms with E-state index < -0.39 is 0 Å². The smallest absolute Gasteiger partial charge is 0.233 e. The molecule has 0 aromatic heterocycles. The van der Waals surface area contributed by atoms with Crippen molar-refractivity contribution >= 4 is 6.41 Å². The van der Waals surface area contributed by atoms with E-state index in [2.05, 4.69) is 0 Å². The molecule has 24 heavy (non-hydrogen) atoms. The lowest BCUT2D eigenvalue weighted by molar-refractivity contribution is -0.194. The Morgan fingerprint density at radius 3 is 2.46 bits per heavy atom. The quantitative estimate of drug-likeness (QED) is 0.403. The second-order valence-corrected chi connectivity index (χ2v) is 5.72. The third-order valence-corrected chi connectivity index (χ3v) is 4.05. The first kappa shape index (κ1) is 16.5. The van der Waals surface area contributed by atoms with Gasteiger partial charge in [-0.2, -0.15) is 0 Å². The third-order valence-electron chi connectivity index (χ3n) is 4.05. The summed E-state index contributed by atoms with van der Waals surface area (Å²) in [6.45, 7) is 1.01.